The smallest absolute Gasteiger partial charge is 0.407 e. The van der Waals surface area contributed by atoms with E-state index in [-0.39, 0.29) is 12.1 Å². The van der Waals surface area contributed by atoms with Gasteiger partial charge in [-0.05, 0) is 41.7 Å². The summed E-state index contributed by atoms with van der Waals surface area (Å²) in [5.41, 5.74) is 2.96. The number of carbonyl (C=O) groups is 1. The van der Waals surface area contributed by atoms with Crippen LogP contribution in [0.3, 0.4) is 0 Å². The van der Waals surface area contributed by atoms with Crippen molar-refractivity contribution in [2.24, 2.45) is 0 Å². The van der Waals surface area contributed by atoms with Gasteiger partial charge in [-0.25, -0.2) is 13.6 Å². The summed E-state index contributed by atoms with van der Waals surface area (Å²) < 4.78 is 32.3. The van der Waals surface area contributed by atoms with Crippen LogP contribution in [0.15, 0.2) is 42.5 Å². The number of cyclic esters (lactones) is 1. The number of fused-ring (bicyclic) bond motifs is 1. The van der Waals surface area contributed by atoms with E-state index < -0.39 is 23.8 Å². The van der Waals surface area contributed by atoms with Crippen LogP contribution in [0.5, 0.6) is 0 Å². The van der Waals surface area contributed by atoms with Gasteiger partial charge < -0.3 is 15.4 Å². The molecular weight excluding hydrogens is 326 g/mol. The Bertz CT molecular complexity index is 792. The van der Waals surface area contributed by atoms with Crippen molar-refractivity contribution in [2.45, 2.75) is 37.6 Å². The van der Waals surface area contributed by atoms with Gasteiger partial charge in [0.1, 0.15) is 17.7 Å². The standard InChI is InChI=1S/C19H18F2N2O2/c20-14-5-11(6-15(21)9-14)7-17-18(25-19(24)23-17)16-8-12-3-1-2-4-13(12)10-22-16/h1-6,9,16-18,22H,7-8,10H2,(H,23,24)/t16?,17-,18+/m0/s1. The zero-order valence-corrected chi connectivity index (χ0v) is 13.5. The highest BCUT2D eigenvalue weighted by atomic mass is 19.1. The number of hydrogen-bond donors (Lipinski definition) is 2. The van der Waals surface area contributed by atoms with Gasteiger partial charge in [0.25, 0.3) is 0 Å². The van der Waals surface area contributed by atoms with E-state index in [9.17, 15) is 13.6 Å². The molecule has 2 aromatic carbocycles. The molecular formula is C19H18F2N2O2. The molecule has 0 spiro atoms. The Morgan fingerprint density at radius 2 is 1.80 bits per heavy atom. The van der Waals surface area contributed by atoms with Crippen LogP contribution in [0.25, 0.3) is 0 Å². The summed E-state index contributed by atoms with van der Waals surface area (Å²) in [7, 11) is 0. The maximum Gasteiger partial charge on any atom is 0.407 e. The molecule has 0 radical (unpaired) electrons. The highest BCUT2D eigenvalue weighted by Gasteiger charge is 2.40. The molecule has 0 saturated carbocycles. The Morgan fingerprint density at radius 3 is 2.56 bits per heavy atom. The molecule has 6 heteroatoms. The van der Waals surface area contributed by atoms with E-state index in [1.54, 1.807) is 0 Å². The van der Waals surface area contributed by atoms with Crippen molar-refractivity contribution in [3.05, 3.63) is 70.8 Å². The summed E-state index contributed by atoms with van der Waals surface area (Å²) in [4.78, 5) is 11.8. The number of rotatable bonds is 3. The zero-order chi connectivity index (χ0) is 17.4. The number of hydrogen-bond acceptors (Lipinski definition) is 3. The van der Waals surface area contributed by atoms with Gasteiger partial charge in [0.05, 0.1) is 12.1 Å². The average Bonchev–Trinajstić information content (AvgIpc) is 2.94. The lowest BCUT2D eigenvalue weighted by atomic mass is 9.89. The molecule has 1 amide bonds. The molecule has 2 aliphatic heterocycles. The van der Waals surface area contributed by atoms with Gasteiger partial charge >= 0.3 is 6.09 Å². The number of nitrogens with one attached hydrogen (secondary N) is 2. The van der Waals surface area contributed by atoms with E-state index >= 15 is 0 Å². The van der Waals surface area contributed by atoms with Gasteiger partial charge in [-0.3, -0.25) is 0 Å². The minimum atomic E-state index is -0.624. The quantitative estimate of drug-likeness (QED) is 0.900. The summed E-state index contributed by atoms with van der Waals surface area (Å²) in [5, 5.41) is 6.18. The summed E-state index contributed by atoms with van der Waals surface area (Å²) in [6, 6.07) is 11.2. The highest BCUT2D eigenvalue weighted by molar-refractivity contribution is 5.70. The molecule has 1 fully saturated rings. The predicted molar refractivity (Wildman–Crippen MR) is 88.0 cm³/mol. The second-order valence-corrected chi connectivity index (χ2v) is 6.56. The molecule has 25 heavy (non-hydrogen) atoms. The fraction of sp³-hybridized carbons (Fsp3) is 0.316. The van der Waals surface area contributed by atoms with E-state index in [1.165, 1.54) is 23.3 Å². The molecule has 4 nitrogen and oxygen atoms in total. The predicted octanol–water partition coefficient (Wildman–Crippen LogP) is 2.70. The van der Waals surface area contributed by atoms with Crippen molar-refractivity contribution < 1.29 is 18.3 Å². The van der Waals surface area contributed by atoms with E-state index in [1.807, 2.05) is 12.1 Å². The SMILES string of the molecule is O=C1N[C@@H](Cc2cc(F)cc(F)c2)[C@@H](C2Cc3ccccc3CN2)O1. The van der Waals surface area contributed by atoms with Crippen molar-refractivity contribution in [2.75, 3.05) is 0 Å². The second-order valence-electron chi connectivity index (χ2n) is 6.56. The number of carbonyl (C=O) groups excluding carboxylic acids is 1. The topological polar surface area (TPSA) is 50.4 Å². The van der Waals surface area contributed by atoms with Crippen LogP contribution in [0.1, 0.15) is 16.7 Å². The second kappa shape index (κ2) is 6.44. The van der Waals surface area contributed by atoms with Crippen LogP contribution in [0.4, 0.5) is 13.6 Å². The van der Waals surface area contributed by atoms with Gasteiger partial charge in [-0.2, -0.15) is 0 Å². The Kier molecular flexibility index (Phi) is 4.13. The molecule has 130 valence electrons. The fourth-order valence-corrected chi connectivity index (χ4v) is 3.70. The molecule has 2 heterocycles. The van der Waals surface area contributed by atoms with E-state index in [4.69, 9.17) is 4.74 Å². The van der Waals surface area contributed by atoms with E-state index in [0.29, 0.717) is 18.5 Å². The summed E-state index contributed by atoms with van der Waals surface area (Å²) in [6.45, 7) is 0.705. The third-order valence-corrected chi connectivity index (χ3v) is 4.83. The first-order valence-electron chi connectivity index (χ1n) is 8.31. The molecule has 2 aliphatic rings. The van der Waals surface area contributed by atoms with Crippen molar-refractivity contribution in [1.29, 1.82) is 0 Å². The first-order chi connectivity index (χ1) is 12.1. The summed E-state index contributed by atoms with van der Waals surface area (Å²) >= 11 is 0. The van der Waals surface area contributed by atoms with E-state index in [2.05, 4.69) is 22.8 Å². The molecule has 3 atom stereocenters. The molecule has 4 rings (SSSR count). The lowest BCUT2D eigenvalue weighted by molar-refractivity contribution is 0.101. The van der Waals surface area contributed by atoms with Crippen molar-refractivity contribution >= 4 is 6.09 Å². The molecule has 2 N–H and O–H groups in total. The normalized spacial score (nSPS) is 25.2. The third-order valence-electron chi connectivity index (χ3n) is 4.83. The maximum atomic E-state index is 13.4. The first-order valence-corrected chi connectivity index (χ1v) is 8.31. The van der Waals surface area contributed by atoms with Crippen LogP contribution >= 0.6 is 0 Å². The highest BCUT2D eigenvalue weighted by Crippen LogP contribution is 2.24. The molecule has 0 aliphatic carbocycles. The lowest BCUT2D eigenvalue weighted by Gasteiger charge is -2.31. The molecule has 2 aromatic rings. The van der Waals surface area contributed by atoms with Gasteiger partial charge in [-0.1, -0.05) is 24.3 Å². The van der Waals surface area contributed by atoms with E-state index in [0.717, 1.165) is 12.5 Å². The number of amides is 1. The van der Waals surface area contributed by atoms with Crippen molar-refractivity contribution in [3.8, 4) is 0 Å². The van der Waals surface area contributed by atoms with Gasteiger partial charge in [-0.15, -0.1) is 0 Å². The Hall–Kier alpha value is -2.47. The monoisotopic (exact) mass is 344 g/mol. The maximum absolute atomic E-state index is 13.4. The zero-order valence-electron chi connectivity index (χ0n) is 13.5. The van der Waals surface area contributed by atoms with Crippen molar-refractivity contribution in [1.82, 2.24) is 10.6 Å². The Morgan fingerprint density at radius 1 is 1.08 bits per heavy atom. The lowest BCUT2D eigenvalue weighted by Crippen LogP contribution is -2.50. The number of halogens is 2. The summed E-state index contributed by atoms with van der Waals surface area (Å²) in [6.07, 6.45) is 0.161. The van der Waals surface area contributed by atoms with Gasteiger partial charge in [0.2, 0.25) is 0 Å². The minimum absolute atomic E-state index is 0.0442. The number of ether oxygens (including phenoxy) is 1. The summed E-state index contributed by atoms with van der Waals surface area (Å²) in [5.74, 6) is -1.25. The Labute approximate surface area is 144 Å². The molecule has 1 unspecified atom stereocenters. The van der Waals surface area contributed by atoms with Crippen LogP contribution in [0.2, 0.25) is 0 Å². The van der Waals surface area contributed by atoms with Crippen LogP contribution < -0.4 is 10.6 Å². The fourth-order valence-electron chi connectivity index (χ4n) is 3.70. The number of alkyl carbamates (subject to hydrolysis) is 1. The largest absolute Gasteiger partial charge is 0.442 e. The number of benzene rings is 2. The third kappa shape index (κ3) is 3.35. The average molecular weight is 344 g/mol. The molecule has 0 aromatic heterocycles. The first kappa shape index (κ1) is 16.0. The van der Waals surface area contributed by atoms with Crippen LogP contribution in [0, 0.1) is 11.6 Å². The van der Waals surface area contributed by atoms with Crippen LogP contribution in [-0.4, -0.2) is 24.3 Å². The van der Waals surface area contributed by atoms with Gasteiger partial charge in [0.15, 0.2) is 0 Å². The van der Waals surface area contributed by atoms with Crippen LogP contribution in [-0.2, 0) is 24.1 Å². The molecule has 1 saturated heterocycles. The van der Waals surface area contributed by atoms with Gasteiger partial charge in [0, 0.05) is 12.6 Å². The molecule has 0 bridgehead atoms. The minimum Gasteiger partial charge on any atom is -0.442 e. The van der Waals surface area contributed by atoms with Crippen molar-refractivity contribution in [3.63, 3.8) is 0 Å². The Balaban J connectivity index is 1.53.